The summed E-state index contributed by atoms with van der Waals surface area (Å²) >= 11 is 0. The van der Waals surface area contributed by atoms with E-state index in [9.17, 15) is 0 Å². The van der Waals surface area contributed by atoms with Crippen molar-refractivity contribution < 1.29 is 4.74 Å². The molecule has 2 N–H and O–H groups in total. The number of hydrogen-bond acceptors (Lipinski definition) is 3. The Balaban J connectivity index is 2.47. The highest BCUT2D eigenvalue weighted by molar-refractivity contribution is 5.65. The second-order valence-corrected chi connectivity index (χ2v) is 3.86. The van der Waals surface area contributed by atoms with Crippen LogP contribution in [0.3, 0.4) is 0 Å². The van der Waals surface area contributed by atoms with E-state index in [1.165, 1.54) is 11.3 Å². The van der Waals surface area contributed by atoms with E-state index >= 15 is 0 Å². The highest BCUT2D eigenvalue weighted by Gasteiger charge is 2.29. The first-order valence-corrected chi connectivity index (χ1v) is 5.43. The Morgan fingerprint density at radius 3 is 2.93 bits per heavy atom. The summed E-state index contributed by atoms with van der Waals surface area (Å²) in [4.78, 5) is 2.36. The van der Waals surface area contributed by atoms with Crippen molar-refractivity contribution in [3.63, 3.8) is 0 Å². The fourth-order valence-corrected chi connectivity index (χ4v) is 2.34. The number of ether oxygens (including phenoxy) is 1. The van der Waals surface area contributed by atoms with Crippen LogP contribution in [-0.4, -0.2) is 26.7 Å². The standard InChI is InChI=1S/C12H18N2O/c1-3-14-8-9(7-13)12-10(14)5-4-6-11(12)15-2/h4-6,9H,3,7-8,13H2,1-2H3. The summed E-state index contributed by atoms with van der Waals surface area (Å²) in [7, 11) is 1.72. The van der Waals surface area contributed by atoms with Crippen LogP contribution in [0.1, 0.15) is 18.4 Å². The molecule has 0 saturated carbocycles. The minimum Gasteiger partial charge on any atom is -0.496 e. The molecule has 82 valence electrons. The first-order chi connectivity index (χ1) is 7.31. The van der Waals surface area contributed by atoms with E-state index in [-0.39, 0.29) is 0 Å². The predicted octanol–water partition coefficient (Wildman–Crippen LogP) is 1.58. The van der Waals surface area contributed by atoms with Crippen molar-refractivity contribution in [3.8, 4) is 5.75 Å². The molecule has 0 aromatic heterocycles. The fourth-order valence-electron chi connectivity index (χ4n) is 2.34. The number of rotatable bonds is 3. The van der Waals surface area contributed by atoms with Gasteiger partial charge in [-0.1, -0.05) is 6.07 Å². The summed E-state index contributed by atoms with van der Waals surface area (Å²) in [5.74, 6) is 1.38. The number of fused-ring (bicyclic) bond motifs is 1. The van der Waals surface area contributed by atoms with E-state index in [4.69, 9.17) is 10.5 Å². The lowest BCUT2D eigenvalue weighted by molar-refractivity contribution is 0.408. The molecule has 1 aromatic rings. The summed E-state index contributed by atoms with van der Waals surface area (Å²) in [5, 5.41) is 0. The number of nitrogens with two attached hydrogens (primary N) is 1. The normalized spacial score (nSPS) is 19.1. The predicted molar refractivity (Wildman–Crippen MR) is 62.7 cm³/mol. The zero-order chi connectivity index (χ0) is 10.8. The van der Waals surface area contributed by atoms with Gasteiger partial charge < -0.3 is 15.4 Å². The Morgan fingerprint density at radius 1 is 1.53 bits per heavy atom. The fraction of sp³-hybridized carbons (Fsp3) is 0.500. The Morgan fingerprint density at radius 2 is 2.33 bits per heavy atom. The Kier molecular flexibility index (Phi) is 2.82. The smallest absolute Gasteiger partial charge is 0.124 e. The van der Waals surface area contributed by atoms with Crippen molar-refractivity contribution in [3.05, 3.63) is 23.8 Å². The lowest BCUT2D eigenvalue weighted by atomic mass is 10.0. The third-order valence-corrected chi connectivity index (χ3v) is 3.12. The van der Waals surface area contributed by atoms with Crippen molar-refractivity contribution in [2.75, 3.05) is 31.6 Å². The van der Waals surface area contributed by atoms with E-state index in [0.717, 1.165) is 18.8 Å². The largest absolute Gasteiger partial charge is 0.496 e. The molecule has 0 radical (unpaired) electrons. The zero-order valence-electron chi connectivity index (χ0n) is 9.36. The molecule has 0 fully saturated rings. The molecule has 1 aromatic carbocycles. The summed E-state index contributed by atoms with van der Waals surface area (Å²) in [5.41, 5.74) is 8.37. The Bertz CT molecular complexity index is 351. The quantitative estimate of drug-likeness (QED) is 0.816. The van der Waals surface area contributed by atoms with Crippen molar-refractivity contribution in [1.29, 1.82) is 0 Å². The van der Waals surface area contributed by atoms with E-state index < -0.39 is 0 Å². The van der Waals surface area contributed by atoms with Crippen LogP contribution in [0.2, 0.25) is 0 Å². The highest BCUT2D eigenvalue weighted by atomic mass is 16.5. The van der Waals surface area contributed by atoms with Gasteiger partial charge in [0.15, 0.2) is 0 Å². The maximum atomic E-state index is 5.81. The van der Waals surface area contributed by atoms with Crippen molar-refractivity contribution in [2.24, 2.45) is 5.73 Å². The average Bonchev–Trinajstić information content (AvgIpc) is 2.66. The molecule has 0 saturated heterocycles. The number of likely N-dealkylation sites (N-methyl/N-ethyl adjacent to an activating group) is 1. The maximum Gasteiger partial charge on any atom is 0.124 e. The van der Waals surface area contributed by atoms with E-state index in [0.29, 0.717) is 12.5 Å². The third kappa shape index (κ3) is 1.57. The molecule has 0 bridgehead atoms. The number of benzene rings is 1. The second kappa shape index (κ2) is 4.11. The number of methoxy groups -OCH3 is 1. The van der Waals surface area contributed by atoms with E-state index in [2.05, 4.69) is 17.9 Å². The molecule has 1 aliphatic rings. The van der Waals surface area contributed by atoms with Crippen LogP contribution in [0.15, 0.2) is 18.2 Å². The zero-order valence-corrected chi connectivity index (χ0v) is 9.36. The van der Waals surface area contributed by atoms with Gasteiger partial charge in [-0.3, -0.25) is 0 Å². The van der Waals surface area contributed by atoms with Gasteiger partial charge in [-0.25, -0.2) is 0 Å². The van der Waals surface area contributed by atoms with Crippen molar-refractivity contribution in [2.45, 2.75) is 12.8 Å². The van der Waals surface area contributed by atoms with Gasteiger partial charge in [0.05, 0.1) is 7.11 Å². The molecule has 15 heavy (non-hydrogen) atoms. The van der Waals surface area contributed by atoms with Crippen LogP contribution in [0.5, 0.6) is 5.75 Å². The molecular formula is C12H18N2O. The van der Waals surface area contributed by atoms with Gasteiger partial charge in [0.25, 0.3) is 0 Å². The van der Waals surface area contributed by atoms with Crippen LogP contribution in [0.4, 0.5) is 5.69 Å². The number of nitrogens with zero attached hydrogens (tertiary/aromatic N) is 1. The molecule has 3 nitrogen and oxygen atoms in total. The van der Waals surface area contributed by atoms with Gasteiger partial charge in [0, 0.05) is 36.8 Å². The molecule has 0 aliphatic carbocycles. The van der Waals surface area contributed by atoms with E-state index in [1.807, 2.05) is 12.1 Å². The molecule has 0 amide bonds. The van der Waals surface area contributed by atoms with Crippen LogP contribution >= 0.6 is 0 Å². The van der Waals surface area contributed by atoms with Crippen LogP contribution < -0.4 is 15.4 Å². The first-order valence-electron chi connectivity index (χ1n) is 5.43. The number of hydrogen-bond donors (Lipinski definition) is 1. The first kappa shape index (κ1) is 10.3. The maximum absolute atomic E-state index is 5.81. The molecule has 0 spiro atoms. The molecule has 2 rings (SSSR count). The topological polar surface area (TPSA) is 38.5 Å². The monoisotopic (exact) mass is 206 g/mol. The van der Waals surface area contributed by atoms with Crippen LogP contribution in [-0.2, 0) is 0 Å². The molecule has 1 unspecified atom stereocenters. The molecule has 3 heteroatoms. The summed E-state index contributed by atoms with van der Waals surface area (Å²) in [6, 6.07) is 6.21. The van der Waals surface area contributed by atoms with Crippen LogP contribution in [0.25, 0.3) is 0 Å². The van der Waals surface area contributed by atoms with Gasteiger partial charge >= 0.3 is 0 Å². The average molecular weight is 206 g/mol. The van der Waals surface area contributed by atoms with Crippen molar-refractivity contribution >= 4 is 5.69 Å². The minimum atomic E-state index is 0.413. The lowest BCUT2D eigenvalue weighted by Gasteiger charge is -2.16. The minimum absolute atomic E-state index is 0.413. The number of anilines is 1. The summed E-state index contributed by atoms with van der Waals surface area (Å²) < 4.78 is 5.40. The molecule has 1 heterocycles. The third-order valence-electron chi connectivity index (χ3n) is 3.12. The Labute approximate surface area is 90.8 Å². The van der Waals surface area contributed by atoms with Gasteiger partial charge in [0.1, 0.15) is 5.75 Å². The summed E-state index contributed by atoms with van der Waals surface area (Å²) in [6.45, 7) is 4.89. The highest BCUT2D eigenvalue weighted by Crippen LogP contribution is 2.41. The second-order valence-electron chi connectivity index (χ2n) is 3.86. The molecular weight excluding hydrogens is 188 g/mol. The van der Waals surface area contributed by atoms with Gasteiger partial charge in [-0.15, -0.1) is 0 Å². The van der Waals surface area contributed by atoms with Gasteiger partial charge in [0.2, 0.25) is 0 Å². The Hall–Kier alpha value is -1.22. The SMILES string of the molecule is CCN1CC(CN)c2c(OC)cccc21. The van der Waals surface area contributed by atoms with Gasteiger partial charge in [-0.2, -0.15) is 0 Å². The van der Waals surface area contributed by atoms with E-state index in [1.54, 1.807) is 7.11 Å². The molecule has 1 atom stereocenters. The van der Waals surface area contributed by atoms with Gasteiger partial charge in [-0.05, 0) is 19.1 Å². The van der Waals surface area contributed by atoms with Crippen LogP contribution in [0, 0.1) is 0 Å². The molecule has 1 aliphatic heterocycles. The summed E-state index contributed by atoms with van der Waals surface area (Å²) in [6.07, 6.45) is 0. The van der Waals surface area contributed by atoms with Crippen molar-refractivity contribution in [1.82, 2.24) is 0 Å². The lowest BCUT2D eigenvalue weighted by Crippen LogP contribution is -2.23.